The molecule has 4 heteroatoms. The van der Waals surface area contributed by atoms with Crippen molar-refractivity contribution in [3.8, 4) is 33.0 Å². The summed E-state index contributed by atoms with van der Waals surface area (Å²) in [5, 5.41) is 4.54. The van der Waals surface area contributed by atoms with Crippen LogP contribution in [0.2, 0.25) is 0 Å². The van der Waals surface area contributed by atoms with Crippen molar-refractivity contribution in [1.82, 2.24) is 9.97 Å². The average molecular weight is 494 g/mol. The molecule has 0 spiro atoms. The molecule has 3 nitrogen and oxygen atoms in total. The number of pyridine rings is 1. The van der Waals surface area contributed by atoms with E-state index in [1.54, 1.807) is 11.3 Å². The van der Waals surface area contributed by atoms with Crippen molar-refractivity contribution in [2.75, 3.05) is 5.73 Å². The van der Waals surface area contributed by atoms with E-state index in [1.165, 1.54) is 37.7 Å². The number of hydrogen-bond acceptors (Lipinski definition) is 4. The Morgan fingerprint density at radius 1 is 0.622 bits per heavy atom. The Kier molecular flexibility index (Phi) is 5.01. The Balaban J connectivity index is 1.43. The molecule has 0 radical (unpaired) electrons. The number of thiazole rings is 1. The molecule has 0 aliphatic heterocycles. The van der Waals surface area contributed by atoms with Crippen molar-refractivity contribution >= 4 is 48.9 Å². The highest BCUT2D eigenvalue weighted by Crippen LogP contribution is 2.39. The second-order valence-electron chi connectivity index (χ2n) is 9.40. The molecule has 5 aromatic carbocycles. The van der Waals surface area contributed by atoms with Crippen LogP contribution in [-0.2, 0) is 0 Å². The third-order valence-corrected chi connectivity index (χ3v) is 7.94. The molecule has 0 aliphatic carbocycles. The first-order chi connectivity index (χ1) is 18.1. The second-order valence-corrected chi connectivity index (χ2v) is 10.4. The molecule has 0 fully saturated rings. The summed E-state index contributed by atoms with van der Waals surface area (Å²) in [4.78, 5) is 10.1. The van der Waals surface area contributed by atoms with Crippen molar-refractivity contribution < 1.29 is 0 Å². The summed E-state index contributed by atoms with van der Waals surface area (Å²) < 4.78 is 1.18. The van der Waals surface area contributed by atoms with Gasteiger partial charge in [0.2, 0.25) is 0 Å². The van der Waals surface area contributed by atoms with E-state index in [0.717, 1.165) is 38.4 Å². The average Bonchev–Trinajstić information content (AvgIpc) is 3.36. The predicted octanol–water partition coefficient (Wildman–Crippen LogP) is 8.89. The SMILES string of the molecule is Cc1cccc(-c2nc3ccc(-c4cccc5nc(-c6ccc(N)cc6)c6ccccc6c45)cc3s2)c1. The lowest BCUT2D eigenvalue weighted by Gasteiger charge is -2.14. The Morgan fingerprint density at radius 2 is 1.41 bits per heavy atom. The number of nitrogens with two attached hydrogens (primary N) is 1. The monoisotopic (exact) mass is 493 g/mol. The maximum Gasteiger partial charge on any atom is 0.124 e. The Morgan fingerprint density at radius 3 is 2.24 bits per heavy atom. The number of aromatic nitrogens is 2. The number of nitrogen functional groups attached to an aromatic ring is 1. The van der Waals surface area contributed by atoms with Crippen molar-refractivity contribution in [2.45, 2.75) is 6.92 Å². The Labute approximate surface area is 218 Å². The van der Waals surface area contributed by atoms with Gasteiger partial charge in [-0.2, -0.15) is 0 Å². The van der Waals surface area contributed by atoms with Gasteiger partial charge in [-0.25, -0.2) is 9.97 Å². The first-order valence-electron chi connectivity index (χ1n) is 12.3. The van der Waals surface area contributed by atoms with Crippen LogP contribution in [0.4, 0.5) is 5.69 Å². The van der Waals surface area contributed by atoms with Gasteiger partial charge in [0.05, 0.1) is 21.4 Å². The minimum atomic E-state index is 0.750. The Hall–Kier alpha value is -4.54. The quantitative estimate of drug-likeness (QED) is 0.197. The van der Waals surface area contributed by atoms with Crippen LogP contribution in [0.25, 0.3) is 64.8 Å². The van der Waals surface area contributed by atoms with E-state index < -0.39 is 0 Å². The van der Waals surface area contributed by atoms with E-state index in [2.05, 4.69) is 91.9 Å². The lowest BCUT2D eigenvalue weighted by Crippen LogP contribution is -1.92. The number of anilines is 1. The zero-order valence-corrected chi connectivity index (χ0v) is 21.1. The van der Waals surface area contributed by atoms with E-state index in [9.17, 15) is 0 Å². The number of benzene rings is 5. The van der Waals surface area contributed by atoms with Gasteiger partial charge in [-0.1, -0.05) is 78.4 Å². The van der Waals surface area contributed by atoms with Gasteiger partial charge in [0.15, 0.2) is 0 Å². The molecule has 37 heavy (non-hydrogen) atoms. The molecular weight excluding hydrogens is 470 g/mol. The van der Waals surface area contributed by atoms with Crippen LogP contribution in [0.3, 0.4) is 0 Å². The van der Waals surface area contributed by atoms with E-state index in [4.69, 9.17) is 15.7 Å². The molecule has 0 unspecified atom stereocenters. The molecule has 0 amide bonds. The van der Waals surface area contributed by atoms with E-state index in [-0.39, 0.29) is 0 Å². The topological polar surface area (TPSA) is 51.8 Å². The highest BCUT2D eigenvalue weighted by atomic mass is 32.1. The molecule has 2 heterocycles. The van der Waals surface area contributed by atoms with E-state index in [1.807, 2.05) is 24.3 Å². The summed E-state index contributed by atoms with van der Waals surface area (Å²) in [5.41, 5.74) is 15.5. The first kappa shape index (κ1) is 21.7. The van der Waals surface area contributed by atoms with Crippen LogP contribution < -0.4 is 5.73 Å². The van der Waals surface area contributed by atoms with Crippen LogP contribution in [0.5, 0.6) is 0 Å². The van der Waals surface area contributed by atoms with Gasteiger partial charge >= 0.3 is 0 Å². The van der Waals surface area contributed by atoms with Gasteiger partial charge in [0, 0.05) is 27.6 Å². The summed E-state index contributed by atoms with van der Waals surface area (Å²) in [6.07, 6.45) is 0. The van der Waals surface area contributed by atoms with Crippen molar-refractivity contribution in [3.05, 3.63) is 115 Å². The molecule has 2 N–H and O–H groups in total. The van der Waals surface area contributed by atoms with E-state index in [0.29, 0.717) is 0 Å². The molecule has 2 aromatic heterocycles. The van der Waals surface area contributed by atoms with Gasteiger partial charge in [-0.05, 0) is 59.8 Å². The lowest BCUT2D eigenvalue weighted by molar-refractivity contribution is 1.42. The molecular formula is C33H23N3S. The van der Waals surface area contributed by atoms with Gasteiger partial charge in [-0.15, -0.1) is 11.3 Å². The molecule has 0 saturated carbocycles. The summed E-state index contributed by atoms with van der Waals surface area (Å²) in [6.45, 7) is 2.12. The van der Waals surface area contributed by atoms with Gasteiger partial charge in [0.1, 0.15) is 5.01 Å². The molecule has 7 aromatic rings. The van der Waals surface area contributed by atoms with Crippen molar-refractivity contribution in [3.63, 3.8) is 0 Å². The van der Waals surface area contributed by atoms with Crippen molar-refractivity contribution in [2.24, 2.45) is 0 Å². The molecule has 7 rings (SSSR count). The number of aryl methyl sites for hydroxylation is 1. The standard InChI is InChI=1S/C33H23N3S/c1-20-6-4-7-23(18-20)33-36-28-17-14-22(19-30(28)37-33)25-10-5-11-29-31(25)26-8-2-3-9-27(26)32(35-29)21-12-15-24(34)16-13-21/h2-19H,34H2,1H3. The summed E-state index contributed by atoms with van der Waals surface area (Å²) >= 11 is 1.74. The fourth-order valence-electron chi connectivity index (χ4n) is 5.10. The molecule has 0 saturated heterocycles. The summed E-state index contributed by atoms with van der Waals surface area (Å²) in [6, 6.07) is 38.0. The third-order valence-electron chi connectivity index (χ3n) is 6.87. The summed E-state index contributed by atoms with van der Waals surface area (Å²) in [7, 11) is 0. The zero-order valence-electron chi connectivity index (χ0n) is 20.3. The molecule has 0 atom stereocenters. The number of rotatable bonds is 3. The Bertz CT molecular complexity index is 1950. The van der Waals surface area contributed by atoms with Crippen LogP contribution in [0.15, 0.2) is 109 Å². The third kappa shape index (κ3) is 3.74. The van der Waals surface area contributed by atoms with Gasteiger partial charge in [0.25, 0.3) is 0 Å². The van der Waals surface area contributed by atoms with Gasteiger partial charge in [-0.3, -0.25) is 0 Å². The minimum Gasteiger partial charge on any atom is -0.399 e. The number of nitrogens with zero attached hydrogens (tertiary/aromatic N) is 2. The van der Waals surface area contributed by atoms with Crippen molar-refractivity contribution in [1.29, 1.82) is 0 Å². The fourth-order valence-corrected chi connectivity index (χ4v) is 6.10. The van der Waals surface area contributed by atoms with Crippen LogP contribution in [-0.4, -0.2) is 9.97 Å². The summed E-state index contributed by atoms with van der Waals surface area (Å²) in [5.74, 6) is 0. The van der Waals surface area contributed by atoms with Crippen LogP contribution >= 0.6 is 11.3 Å². The van der Waals surface area contributed by atoms with E-state index >= 15 is 0 Å². The molecule has 0 bridgehead atoms. The fraction of sp³-hybridized carbons (Fsp3) is 0.0303. The normalized spacial score (nSPS) is 11.5. The number of fused-ring (bicyclic) bond motifs is 4. The first-order valence-corrected chi connectivity index (χ1v) is 13.1. The predicted molar refractivity (Wildman–Crippen MR) is 158 cm³/mol. The highest BCUT2D eigenvalue weighted by Gasteiger charge is 2.15. The number of hydrogen-bond donors (Lipinski definition) is 1. The maximum absolute atomic E-state index is 5.95. The van der Waals surface area contributed by atoms with Crippen LogP contribution in [0.1, 0.15) is 5.56 Å². The molecule has 0 aliphatic rings. The minimum absolute atomic E-state index is 0.750. The second kappa shape index (κ2) is 8.54. The lowest BCUT2D eigenvalue weighted by atomic mass is 9.94. The zero-order chi connectivity index (χ0) is 24.9. The van der Waals surface area contributed by atoms with Crippen LogP contribution in [0, 0.1) is 6.92 Å². The largest absolute Gasteiger partial charge is 0.399 e. The molecule has 176 valence electrons. The van der Waals surface area contributed by atoms with Gasteiger partial charge < -0.3 is 5.73 Å². The smallest absolute Gasteiger partial charge is 0.124 e. The highest BCUT2D eigenvalue weighted by molar-refractivity contribution is 7.21. The maximum atomic E-state index is 5.95.